The van der Waals surface area contributed by atoms with Crippen LogP contribution in [0, 0.1) is 0 Å². The zero-order chi connectivity index (χ0) is 11.3. The maximum atomic E-state index is 10.5. The minimum Gasteiger partial charge on any atom is -0.286 e. The lowest BCUT2D eigenvalue weighted by Gasteiger charge is -2.08. The highest BCUT2D eigenvalue weighted by atomic mass is 127. The molecule has 1 N–H and O–H groups in total. The smallest absolute Gasteiger partial charge is 0.264 e. The molecular formula is C10H13IO3S. The molecule has 1 unspecified atom stereocenters. The zero-order valence-electron chi connectivity index (χ0n) is 8.14. The summed E-state index contributed by atoms with van der Waals surface area (Å²) in [6.45, 7) is 0. The summed E-state index contributed by atoms with van der Waals surface area (Å²) in [6, 6.07) is 9.91. The third-order valence-corrected chi connectivity index (χ3v) is 4.17. The van der Waals surface area contributed by atoms with Gasteiger partial charge in [0.05, 0.1) is 5.75 Å². The fraction of sp³-hybridized carbons (Fsp3) is 0.400. The van der Waals surface area contributed by atoms with E-state index in [1.165, 1.54) is 5.56 Å². The number of hydrogen-bond donors (Lipinski definition) is 1. The lowest BCUT2D eigenvalue weighted by atomic mass is 10.1. The van der Waals surface area contributed by atoms with Crippen LogP contribution in [0.1, 0.15) is 22.3 Å². The van der Waals surface area contributed by atoms with E-state index in [9.17, 15) is 8.42 Å². The highest BCUT2D eigenvalue weighted by Crippen LogP contribution is 2.27. The molecule has 0 amide bonds. The molecule has 1 atom stereocenters. The highest BCUT2D eigenvalue weighted by molar-refractivity contribution is 14.1. The average Bonchev–Trinajstić information content (AvgIpc) is 2.17. The predicted octanol–water partition coefficient (Wildman–Crippen LogP) is 2.83. The van der Waals surface area contributed by atoms with Crippen molar-refractivity contribution in [3.8, 4) is 0 Å². The normalized spacial score (nSPS) is 13.7. The summed E-state index contributed by atoms with van der Waals surface area (Å²) in [7, 11) is -3.81. The van der Waals surface area contributed by atoms with Crippen molar-refractivity contribution in [2.75, 3.05) is 5.75 Å². The van der Waals surface area contributed by atoms with Crippen molar-refractivity contribution in [3.05, 3.63) is 35.9 Å². The molecule has 0 bridgehead atoms. The van der Waals surface area contributed by atoms with Crippen LogP contribution < -0.4 is 0 Å². The Labute approximate surface area is 104 Å². The highest BCUT2D eigenvalue weighted by Gasteiger charge is 2.09. The molecule has 0 aliphatic carbocycles. The van der Waals surface area contributed by atoms with Crippen LogP contribution in [0.4, 0.5) is 0 Å². The molecule has 0 saturated heterocycles. The summed E-state index contributed by atoms with van der Waals surface area (Å²) in [4.78, 5) is 0. The number of benzene rings is 1. The topological polar surface area (TPSA) is 54.4 Å². The van der Waals surface area contributed by atoms with Crippen LogP contribution in [-0.2, 0) is 10.1 Å². The molecule has 84 valence electrons. The average molecular weight is 340 g/mol. The van der Waals surface area contributed by atoms with Crippen molar-refractivity contribution >= 4 is 32.7 Å². The first-order chi connectivity index (χ1) is 6.99. The van der Waals surface area contributed by atoms with E-state index in [1.54, 1.807) is 0 Å². The second-order valence-electron chi connectivity index (χ2n) is 3.31. The van der Waals surface area contributed by atoms with E-state index in [2.05, 4.69) is 22.6 Å². The first-order valence-corrected chi connectivity index (χ1v) is 7.49. The number of alkyl halides is 1. The van der Waals surface area contributed by atoms with Crippen LogP contribution in [0.5, 0.6) is 0 Å². The van der Waals surface area contributed by atoms with Gasteiger partial charge in [0.2, 0.25) is 0 Å². The molecule has 1 aromatic rings. The lowest BCUT2D eigenvalue weighted by molar-refractivity contribution is 0.480. The molecule has 15 heavy (non-hydrogen) atoms. The quantitative estimate of drug-likeness (QED) is 0.509. The second-order valence-corrected chi connectivity index (χ2v) is 6.38. The summed E-state index contributed by atoms with van der Waals surface area (Å²) in [5.41, 5.74) is 1.19. The van der Waals surface area contributed by atoms with E-state index in [4.69, 9.17) is 4.55 Å². The zero-order valence-corrected chi connectivity index (χ0v) is 11.1. The van der Waals surface area contributed by atoms with E-state index < -0.39 is 10.1 Å². The van der Waals surface area contributed by atoms with E-state index in [0.717, 1.165) is 6.42 Å². The monoisotopic (exact) mass is 340 g/mol. The van der Waals surface area contributed by atoms with Crippen molar-refractivity contribution in [3.63, 3.8) is 0 Å². The molecule has 0 spiro atoms. The Morgan fingerprint density at radius 2 is 1.87 bits per heavy atom. The fourth-order valence-electron chi connectivity index (χ4n) is 1.27. The molecule has 3 nitrogen and oxygen atoms in total. The standard InChI is InChI=1S/C10H13IO3S/c11-10(7-4-8-15(12,13)14)9-5-2-1-3-6-9/h1-3,5-6,10H,4,7-8H2,(H,12,13,14). The maximum Gasteiger partial charge on any atom is 0.264 e. The van der Waals surface area contributed by atoms with Gasteiger partial charge < -0.3 is 0 Å². The van der Waals surface area contributed by atoms with Gasteiger partial charge in [-0.2, -0.15) is 8.42 Å². The van der Waals surface area contributed by atoms with Crippen LogP contribution in [0.15, 0.2) is 30.3 Å². The van der Waals surface area contributed by atoms with Gasteiger partial charge in [-0.3, -0.25) is 4.55 Å². The molecule has 1 aromatic carbocycles. The number of rotatable bonds is 5. The van der Waals surface area contributed by atoms with Crippen molar-refractivity contribution in [1.29, 1.82) is 0 Å². The Bertz CT molecular complexity index is 388. The predicted molar refractivity (Wildman–Crippen MR) is 68.9 cm³/mol. The molecule has 0 radical (unpaired) electrons. The van der Waals surface area contributed by atoms with E-state index in [0.29, 0.717) is 10.3 Å². The lowest BCUT2D eigenvalue weighted by Crippen LogP contribution is -2.04. The summed E-state index contributed by atoms with van der Waals surface area (Å²) in [5.74, 6) is -0.153. The molecular weight excluding hydrogens is 327 g/mol. The van der Waals surface area contributed by atoms with E-state index in [1.807, 2.05) is 30.3 Å². The molecule has 0 aliphatic heterocycles. The minimum absolute atomic E-state index is 0.153. The van der Waals surface area contributed by atoms with Gasteiger partial charge >= 0.3 is 0 Å². The van der Waals surface area contributed by atoms with Crippen molar-refractivity contribution < 1.29 is 13.0 Å². The molecule has 0 saturated carbocycles. The van der Waals surface area contributed by atoms with Gasteiger partial charge in [-0.05, 0) is 18.4 Å². The molecule has 1 rings (SSSR count). The van der Waals surface area contributed by atoms with Gasteiger partial charge in [0.1, 0.15) is 0 Å². The molecule has 0 aliphatic rings. The molecule has 0 heterocycles. The Morgan fingerprint density at radius 3 is 2.40 bits per heavy atom. The third kappa shape index (κ3) is 5.48. The Hall–Kier alpha value is -0.140. The SMILES string of the molecule is O=S(=O)(O)CCCC(I)c1ccccc1. The molecule has 5 heteroatoms. The van der Waals surface area contributed by atoms with Crippen LogP contribution in [0.3, 0.4) is 0 Å². The third-order valence-electron chi connectivity index (χ3n) is 2.02. The van der Waals surface area contributed by atoms with E-state index in [-0.39, 0.29) is 5.75 Å². The summed E-state index contributed by atoms with van der Waals surface area (Å²) in [6.07, 6.45) is 1.24. The van der Waals surface area contributed by atoms with Gasteiger partial charge in [0.25, 0.3) is 10.1 Å². The largest absolute Gasteiger partial charge is 0.286 e. The number of halogens is 1. The summed E-state index contributed by atoms with van der Waals surface area (Å²) >= 11 is 2.28. The van der Waals surface area contributed by atoms with Crippen molar-refractivity contribution in [2.45, 2.75) is 16.8 Å². The summed E-state index contributed by atoms with van der Waals surface area (Å²) in [5, 5.41) is 0. The van der Waals surface area contributed by atoms with Gasteiger partial charge in [0, 0.05) is 3.92 Å². The van der Waals surface area contributed by atoms with Crippen molar-refractivity contribution in [1.82, 2.24) is 0 Å². The Morgan fingerprint density at radius 1 is 1.27 bits per heavy atom. The van der Waals surface area contributed by atoms with Crippen LogP contribution >= 0.6 is 22.6 Å². The first-order valence-electron chi connectivity index (χ1n) is 4.63. The van der Waals surface area contributed by atoms with Crippen molar-refractivity contribution in [2.24, 2.45) is 0 Å². The van der Waals surface area contributed by atoms with Gasteiger partial charge in [-0.1, -0.05) is 52.9 Å². The Kier molecular flexibility index (Phi) is 5.01. The molecule has 0 aromatic heterocycles. The number of hydrogen-bond acceptors (Lipinski definition) is 2. The molecule has 0 fully saturated rings. The minimum atomic E-state index is -3.81. The van der Waals surface area contributed by atoms with Crippen LogP contribution in [0.2, 0.25) is 0 Å². The Balaban J connectivity index is 2.41. The van der Waals surface area contributed by atoms with E-state index >= 15 is 0 Å². The van der Waals surface area contributed by atoms with Gasteiger partial charge in [0.15, 0.2) is 0 Å². The van der Waals surface area contributed by atoms with Crippen LogP contribution in [-0.4, -0.2) is 18.7 Å². The summed E-state index contributed by atoms with van der Waals surface area (Å²) < 4.78 is 29.9. The van der Waals surface area contributed by atoms with Gasteiger partial charge in [-0.25, -0.2) is 0 Å². The second kappa shape index (κ2) is 5.81. The first kappa shape index (κ1) is 12.9. The fourth-order valence-corrected chi connectivity index (χ4v) is 2.66. The van der Waals surface area contributed by atoms with Crippen LogP contribution in [0.25, 0.3) is 0 Å². The van der Waals surface area contributed by atoms with Gasteiger partial charge in [-0.15, -0.1) is 0 Å². The maximum absolute atomic E-state index is 10.5.